The molecule has 130 valence electrons. The summed E-state index contributed by atoms with van der Waals surface area (Å²) in [6, 6.07) is 10.5. The summed E-state index contributed by atoms with van der Waals surface area (Å²) in [7, 11) is 3.79. The number of halogens is 3. The number of aromatic nitrogens is 2. The van der Waals surface area contributed by atoms with Crippen molar-refractivity contribution in [1.29, 1.82) is 0 Å². The average molecular weight is 340 g/mol. The van der Waals surface area contributed by atoms with E-state index in [2.05, 4.69) is 10.4 Å². The molecule has 0 saturated carbocycles. The summed E-state index contributed by atoms with van der Waals surface area (Å²) in [5.41, 5.74) is 0.0343. The molecule has 8 heteroatoms. The van der Waals surface area contributed by atoms with Crippen molar-refractivity contribution in [2.45, 2.75) is 18.8 Å². The first kappa shape index (κ1) is 18.0. The van der Waals surface area contributed by atoms with Gasteiger partial charge in [-0.05, 0) is 25.7 Å². The summed E-state index contributed by atoms with van der Waals surface area (Å²) in [5.74, 6) is -0.394. The molecule has 1 aromatic carbocycles. The second-order valence-electron chi connectivity index (χ2n) is 5.59. The number of carbonyl (C=O) groups excluding carboxylic acids is 1. The second-order valence-corrected chi connectivity index (χ2v) is 5.59. The van der Waals surface area contributed by atoms with E-state index in [9.17, 15) is 18.0 Å². The Morgan fingerprint density at radius 2 is 1.92 bits per heavy atom. The smallest absolute Gasteiger partial charge is 0.353 e. The van der Waals surface area contributed by atoms with Gasteiger partial charge in [-0.15, -0.1) is 0 Å². The minimum absolute atomic E-state index is 0.0292. The lowest BCUT2D eigenvalue weighted by atomic mass is 10.1. The number of nitrogens with one attached hydrogen (secondary N) is 1. The Labute approximate surface area is 138 Å². The van der Waals surface area contributed by atoms with Crippen molar-refractivity contribution < 1.29 is 18.0 Å². The fraction of sp³-hybridized carbons (Fsp3) is 0.375. The van der Waals surface area contributed by atoms with Crippen molar-refractivity contribution in [1.82, 2.24) is 20.0 Å². The highest BCUT2D eigenvalue weighted by Crippen LogP contribution is 2.27. The van der Waals surface area contributed by atoms with E-state index in [0.717, 1.165) is 22.5 Å². The van der Waals surface area contributed by atoms with Gasteiger partial charge in [-0.3, -0.25) is 9.48 Å². The molecule has 1 aromatic heterocycles. The van der Waals surface area contributed by atoms with Crippen LogP contribution in [0.4, 0.5) is 13.2 Å². The summed E-state index contributed by atoms with van der Waals surface area (Å²) < 4.78 is 38.4. The molecule has 1 atom stereocenters. The standard InChI is InChI=1S/C16H19F3N4O/c1-22(2)13(12-6-4-3-5-7-12)10-20-15(24)11-23-9-8-14(21-23)16(17,18)19/h3-9,13H,10-11H2,1-2H3,(H,20,24). The molecule has 0 aliphatic heterocycles. The Hall–Kier alpha value is -2.35. The zero-order valence-corrected chi connectivity index (χ0v) is 13.4. The summed E-state index contributed by atoms with van der Waals surface area (Å²) in [5, 5.41) is 6.10. The molecule has 0 aliphatic carbocycles. The van der Waals surface area contributed by atoms with E-state index in [1.54, 1.807) is 0 Å². The maximum atomic E-state index is 12.5. The van der Waals surface area contributed by atoms with Crippen molar-refractivity contribution in [3.05, 3.63) is 53.9 Å². The van der Waals surface area contributed by atoms with Gasteiger partial charge in [0.15, 0.2) is 5.69 Å². The lowest BCUT2D eigenvalue weighted by Gasteiger charge is -2.25. The topological polar surface area (TPSA) is 50.2 Å². The molecule has 1 heterocycles. The molecule has 24 heavy (non-hydrogen) atoms. The molecule has 5 nitrogen and oxygen atoms in total. The van der Waals surface area contributed by atoms with E-state index in [-0.39, 0.29) is 12.6 Å². The Kier molecular flexibility index (Phi) is 5.61. The van der Waals surface area contributed by atoms with Gasteiger partial charge in [0.05, 0.1) is 6.04 Å². The molecule has 0 fully saturated rings. The summed E-state index contributed by atoms with van der Waals surface area (Å²) in [6.07, 6.45) is -3.37. The summed E-state index contributed by atoms with van der Waals surface area (Å²) in [6.45, 7) is 0.0915. The Morgan fingerprint density at radius 1 is 1.25 bits per heavy atom. The number of alkyl halides is 3. The van der Waals surface area contributed by atoms with E-state index in [1.807, 2.05) is 49.3 Å². The number of benzene rings is 1. The van der Waals surface area contributed by atoms with Gasteiger partial charge in [0.25, 0.3) is 0 Å². The quantitative estimate of drug-likeness (QED) is 0.878. The second kappa shape index (κ2) is 7.48. The van der Waals surface area contributed by atoms with Crippen molar-refractivity contribution >= 4 is 5.91 Å². The number of amides is 1. The molecule has 0 aliphatic rings. The number of carbonyl (C=O) groups is 1. The molecule has 1 N–H and O–H groups in total. The van der Waals surface area contributed by atoms with Crippen LogP contribution in [-0.4, -0.2) is 41.2 Å². The van der Waals surface area contributed by atoms with Crippen LogP contribution in [0.15, 0.2) is 42.6 Å². The third kappa shape index (κ3) is 4.82. The van der Waals surface area contributed by atoms with Crippen LogP contribution in [0.5, 0.6) is 0 Å². The van der Waals surface area contributed by atoms with Crippen LogP contribution in [0, 0.1) is 0 Å². The molecule has 0 saturated heterocycles. The van der Waals surface area contributed by atoms with E-state index in [4.69, 9.17) is 0 Å². The third-order valence-corrected chi connectivity index (χ3v) is 3.54. The highest BCUT2D eigenvalue weighted by molar-refractivity contribution is 5.75. The van der Waals surface area contributed by atoms with E-state index in [0.29, 0.717) is 6.54 Å². The molecule has 0 radical (unpaired) electrons. The normalized spacial score (nSPS) is 13.1. The summed E-state index contributed by atoms with van der Waals surface area (Å²) >= 11 is 0. The molecule has 0 bridgehead atoms. The van der Waals surface area contributed by atoms with E-state index < -0.39 is 17.8 Å². The van der Waals surface area contributed by atoms with Gasteiger partial charge in [0.2, 0.25) is 5.91 Å². The zero-order valence-electron chi connectivity index (χ0n) is 13.4. The minimum atomic E-state index is -4.51. The van der Waals surface area contributed by atoms with Crippen LogP contribution in [0.1, 0.15) is 17.3 Å². The molecular formula is C16H19F3N4O. The maximum Gasteiger partial charge on any atom is 0.435 e. The molecular weight excluding hydrogens is 321 g/mol. The van der Waals surface area contributed by atoms with Gasteiger partial charge in [-0.25, -0.2) is 0 Å². The first-order valence-electron chi connectivity index (χ1n) is 7.36. The van der Waals surface area contributed by atoms with Crippen LogP contribution in [0.3, 0.4) is 0 Å². The predicted molar refractivity (Wildman–Crippen MR) is 83.1 cm³/mol. The average Bonchev–Trinajstić information content (AvgIpc) is 2.97. The van der Waals surface area contributed by atoms with Crippen molar-refractivity contribution in [2.24, 2.45) is 0 Å². The molecule has 1 unspecified atom stereocenters. The van der Waals surface area contributed by atoms with Crippen molar-refractivity contribution in [2.75, 3.05) is 20.6 Å². The van der Waals surface area contributed by atoms with Crippen molar-refractivity contribution in [3.63, 3.8) is 0 Å². The molecule has 0 spiro atoms. The fourth-order valence-electron chi connectivity index (χ4n) is 2.29. The number of hydrogen-bond donors (Lipinski definition) is 1. The summed E-state index contributed by atoms with van der Waals surface area (Å²) in [4.78, 5) is 13.9. The maximum absolute atomic E-state index is 12.5. The van der Waals surface area contributed by atoms with Gasteiger partial charge in [-0.2, -0.15) is 18.3 Å². The Morgan fingerprint density at radius 3 is 2.46 bits per heavy atom. The van der Waals surface area contributed by atoms with Crippen LogP contribution in [-0.2, 0) is 17.5 Å². The zero-order chi connectivity index (χ0) is 17.7. The Bertz CT molecular complexity index is 667. The molecule has 2 rings (SSSR count). The SMILES string of the molecule is CN(C)C(CNC(=O)Cn1ccc(C(F)(F)F)n1)c1ccccc1. The highest BCUT2D eigenvalue weighted by Gasteiger charge is 2.33. The third-order valence-electron chi connectivity index (χ3n) is 3.54. The monoisotopic (exact) mass is 340 g/mol. The molecule has 1 amide bonds. The van der Waals surface area contributed by atoms with Crippen LogP contribution in [0.25, 0.3) is 0 Å². The lowest BCUT2D eigenvalue weighted by molar-refractivity contribution is -0.141. The van der Waals surface area contributed by atoms with E-state index >= 15 is 0 Å². The fourth-order valence-corrected chi connectivity index (χ4v) is 2.29. The van der Waals surface area contributed by atoms with Crippen LogP contribution >= 0.6 is 0 Å². The Balaban J connectivity index is 1.93. The van der Waals surface area contributed by atoms with Gasteiger partial charge in [-0.1, -0.05) is 30.3 Å². The first-order valence-corrected chi connectivity index (χ1v) is 7.36. The van der Waals surface area contributed by atoms with Gasteiger partial charge in [0.1, 0.15) is 6.54 Å². The lowest BCUT2D eigenvalue weighted by Crippen LogP contribution is -2.36. The minimum Gasteiger partial charge on any atom is -0.353 e. The number of rotatable bonds is 6. The van der Waals surface area contributed by atoms with E-state index in [1.165, 1.54) is 0 Å². The highest BCUT2D eigenvalue weighted by atomic mass is 19.4. The number of hydrogen-bond acceptors (Lipinski definition) is 3. The largest absolute Gasteiger partial charge is 0.435 e. The number of likely N-dealkylation sites (N-methyl/N-ethyl adjacent to an activating group) is 1. The van der Waals surface area contributed by atoms with Crippen LogP contribution in [0.2, 0.25) is 0 Å². The van der Waals surface area contributed by atoms with Gasteiger partial charge < -0.3 is 10.2 Å². The van der Waals surface area contributed by atoms with Crippen LogP contribution < -0.4 is 5.32 Å². The first-order chi connectivity index (χ1) is 11.3. The van der Waals surface area contributed by atoms with Gasteiger partial charge in [0, 0.05) is 12.7 Å². The number of nitrogens with zero attached hydrogens (tertiary/aromatic N) is 3. The van der Waals surface area contributed by atoms with Gasteiger partial charge >= 0.3 is 6.18 Å². The molecule has 2 aromatic rings. The van der Waals surface area contributed by atoms with Crippen molar-refractivity contribution in [3.8, 4) is 0 Å². The predicted octanol–water partition coefficient (Wildman–Crippen LogP) is 2.32.